The second-order valence-electron chi connectivity index (χ2n) is 5.58. The standard InChI is InChI=1S/C19H18FN3O2/c1-14-11-18(23(22-14)12-15-7-3-2-4-8-15)21-19(24)13-25-17-10-6-5-9-16(17)20/h2-11H,12-13H2,1H3,(H,21,24). The Balaban J connectivity index is 1.64. The number of carbonyl (C=O) groups excluding carboxylic acids is 1. The van der Waals surface area contributed by atoms with Crippen LogP contribution < -0.4 is 10.1 Å². The average molecular weight is 339 g/mol. The fraction of sp³-hybridized carbons (Fsp3) is 0.158. The van der Waals surface area contributed by atoms with E-state index in [1.165, 1.54) is 12.1 Å². The van der Waals surface area contributed by atoms with E-state index >= 15 is 0 Å². The van der Waals surface area contributed by atoms with Gasteiger partial charge in [0.2, 0.25) is 0 Å². The Bertz CT molecular complexity index is 862. The fourth-order valence-electron chi connectivity index (χ4n) is 2.41. The lowest BCUT2D eigenvalue weighted by molar-refractivity contribution is -0.118. The summed E-state index contributed by atoms with van der Waals surface area (Å²) < 4.78 is 20.4. The Labute approximate surface area is 145 Å². The van der Waals surface area contributed by atoms with Crippen molar-refractivity contribution in [3.63, 3.8) is 0 Å². The highest BCUT2D eigenvalue weighted by molar-refractivity contribution is 5.91. The molecular formula is C19H18FN3O2. The van der Waals surface area contributed by atoms with Crippen LogP contribution in [-0.2, 0) is 11.3 Å². The number of amides is 1. The number of hydrogen-bond donors (Lipinski definition) is 1. The van der Waals surface area contributed by atoms with E-state index in [0.29, 0.717) is 12.4 Å². The lowest BCUT2D eigenvalue weighted by Crippen LogP contribution is -2.22. The smallest absolute Gasteiger partial charge is 0.263 e. The molecule has 0 saturated carbocycles. The van der Waals surface area contributed by atoms with Gasteiger partial charge >= 0.3 is 0 Å². The molecule has 0 aliphatic rings. The third-order valence-electron chi connectivity index (χ3n) is 3.54. The molecule has 0 radical (unpaired) electrons. The first-order chi connectivity index (χ1) is 12.1. The molecular weight excluding hydrogens is 321 g/mol. The Hall–Kier alpha value is -3.15. The topological polar surface area (TPSA) is 56.1 Å². The zero-order valence-electron chi connectivity index (χ0n) is 13.8. The second-order valence-corrected chi connectivity index (χ2v) is 5.58. The van der Waals surface area contributed by atoms with Crippen molar-refractivity contribution in [3.05, 3.63) is 77.7 Å². The van der Waals surface area contributed by atoms with E-state index in [2.05, 4.69) is 10.4 Å². The number of carbonyl (C=O) groups is 1. The molecule has 0 aliphatic heterocycles. The molecule has 25 heavy (non-hydrogen) atoms. The number of ether oxygens (including phenoxy) is 1. The van der Waals surface area contributed by atoms with Gasteiger partial charge in [0, 0.05) is 6.07 Å². The third kappa shape index (κ3) is 4.44. The van der Waals surface area contributed by atoms with Gasteiger partial charge in [-0.15, -0.1) is 0 Å². The minimum Gasteiger partial charge on any atom is -0.481 e. The van der Waals surface area contributed by atoms with Crippen molar-refractivity contribution in [2.24, 2.45) is 0 Å². The molecule has 2 aromatic carbocycles. The predicted octanol–water partition coefficient (Wildman–Crippen LogP) is 3.40. The van der Waals surface area contributed by atoms with Gasteiger partial charge in [0.05, 0.1) is 12.2 Å². The number of aromatic nitrogens is 2. The molecule has 0 bridgehead atoms. The zero-order chi connectivity index (χ0) is 17.6. The summed E-state index contributed by atoms with van der Waals surface area (Å²) in [6.45, 7) is 2.11. The number of nitrogens with one attached hydrogen (secondary N) is 1. The number of anilines is 1. The first-order valence-corrected chi connectivity index (χ1v) is 7.87. The second kappa shape index (κ2) is 7.61. The number of halogens is 1. The number of para-hydroxylation sites is 1. The molecule has 0 saturated heterocycles. The molecule has 1 N–H and O–H groups in total. The maximum absolute atomic E-state index is 13.5. The summed E-state index contributed by atoms with van der Waals surface area (Å²) >= 11 is 0. The van der Waals surface area contributed by atoms with Crippen molar-refractivity contribution < 1.29 is 13.9 Å². The van der Waals surface area contributed by atoms with Gasteiger partial charge in [0.15, 0.2) is 18.2 Å². The van der Waals surface area contributed by atoms with E-state index in [4.69, 9.17) is 4.74 Å². The van der Waals surface area contributed by atoms with Crippen LogP contribution in [0, 0.1) is 12.7 Å². The van der Waals surface area contributed by atoms with E-state index in [1.807, 2.05) is 37.3 Å². The van der Waals surface area contributed by atoms with Crippen LogP contribution in [0.3, 0.4) is 0 Å². The van der Waals surface area contributed by atoms with Crippen LogP contribution in [0.4, 0.5) is 10.2 Å². The van der Waals surface area contributed by atoms with Crippen LogP contribution >= 0.6 is 0 Å². The van der Waals surface area contributed by atoms with Gasteiger partial charge in [0.25, 0.3) is 5.91 Å². The average Bonchev–Trinajstić information content (AvgIpc) is 2.94. The Morgan fingerprint density at radius 1 is 1.16 bits per heavy atom. The van der Waals surface area contributed by atoms with Crippen LogP contribution in [0.15, 0.2) is 60.7 Å². The Morgan fingerprint density at radius 3 is 2.64 bits per heavy atom. The summed E-state index contributed by atoms with van der Waals surface area (Å²) in [6, 6.07) is 17.6. The van der Waals surface area contributed by atoms with E-state index in [1.54, 1.807) is 22.9 Å². The van der Waals surface area contributed by atoms with Gasteiger partial charge in [-0.1, -0.05) is 42.5 Å². The molecule has 5 nitrogen and oxygen atoms in total. The molecule has 1 aromatic heterocycles. The van der Waals surface area contributed by atoms with Crippen molar-refractivity contribution in [1.82, 2.24) is 9.78 Å². The molecule has 1 amide bonds. The molecule has 0 atom stereocenters. The molecule has 3 aromatic rings. The van der Waals surface area contributed by atoms with E-state index in [9.17, 15) is 9.18 Å². The SMILES string of the molecule is Cc1cc(NC(=O)COc2ccccc2F)n(Cc2ccccc2)n1. The van der Waals surface area contributed by atoms with Crippen molar-refractivity contribution in [2.75, 3.05) is 11.9 Å². The van der Waals surface area contributed by atoms with Crippen molar-refractivity contribution in [3.8, 4) is 5.75 Å². The van der Waals surface area contributed by atoms with Gasteiger partial charge in [0.1, 0.15) is 5.82 Å². The summed E-state index contributed by atoms with van der Waals surface area (Å²) in [6.07, 6.45) is 0. The summed E-state index contributed by atoms with van der Waals surface area (Å²) in [7, 11) is 0. The largest absolute Gasteiger partial charge is 0.481 e. The van der Waals surface area contributed by atoms with Gasteiger partial charge in [-0.3, -0.25) is 4.79 Å². The Kier molecular flexibility index (Phi) is 5.09. The van der Waals surface area contributed by atoms with Gasteiger partial charge < -0.3 is 10.1 Å². The van der Waals surface area contributed by atoms with Crippen molar-refractivity contribution in [1.29, 1.82) is 0 Å². The van der Waals surface area contributed by atoms with Crippen LogP contribution in [0.5, 0.6) is 5.75 Å². The summed E-state index contributed by atoms with van der Waals surface area (Å²) in [5.74, 6) is -0.257. The third-order valence-corrected chi connectivity index (χ3v) is 3.54. The van der Waals surface area contributed by atoms with Crippen LogP contribution in [0.1, 0.15) is 11.3 Å². The molecule has 128 valence electrons. The first kappa shape index (κ1) is 16.7. The summed E-state index contributed by atoms with van der Waals surface area (Å²) in [5, 5.41) is 7.15. The van der Waals surface area contributed by atoms with E-state index < -0.39 is 5.82 Å². The maximum atomic E-state index is 13.5. The van der Waals surface area contributed by atoms with Crippen LogP contribution in [0.2, 0.25) is 0 Å². The zero-order valence-corrected chi connectivity index (χ0v) is 13.8. The number of benzene rings is 2. The highest BCUT2D eigenvalue weighted by atomic mass is 19.1. The molecule has 1 heterocycles. The quantitative estimate of drug-likeness (QED) is 0.749. The van der Waals surface area contributed by atoms with Crippen LogP contribution in [0.25, 0.3) is 0 Å². The predicted molar refractivity (Wildman–Crippen MR) is 93.0 cm³/mol. The molecule has 6 heteroatoms. The van der Waals surface area contributed by atoms with Crippen LogP contribution in [-0.4, -0.2) is 22.3 Å². The molecule has 3 rings (SSSR count). The minimum absolute atomic E-state index is 0.0478. The fourth-order valence-corrected chi connectivity index (χ4v) is 2.41. The number of hydrogen-bond acceptors (Lipinski definition) is 3. The van der Waals surface area contributed by atoms with E-state index in [0.717, 1.165) is 11.3 Å². The monoisotopic (exact) mass is 339 g/mol. The van der Waals surface area contributed by atoms with Gasteiger partial charge in [-0.25, -0.2) is 9.07 Å². The molecule has 0 spiro atoms. The van der Waals surface area contributed by atoms with E-state index in [-0.39, 0.29) is 18.3 Å². The van der Waals surface area contributed by atoms with Crippen molar-refractivity contribution in [2.45, 2.75) is 13.5 Å². The minimum atomic E-state index is -0.500. The summed E-state index contributed by atoms with van der Waals surface area (Å²) in [4.78, 5) is 12.1. The number of rotatable bonds is 6. The lowest BCUT2D eigenvalue weighted by Gasteiger charge is -2.10. The molecule has 0 aliphatic carbocycles. The summed E-state index contributed by atoms with van der Waals surface area (Å²) in [5.41, 5.74) is 1.87. The molecule has 0 fully saturated rings. The van der Waals surface area contributed by atoms with Gasteiger partial charge in [-0.05, 0) is 24.6 Å². The normalized spacial score (nSPS) is 10.5. The highest BCUT2D eigenvalue weighted by Crippen LogP contribution is 2.16. The van der Waals surface area contributed by atoms with Crippen molar-refractivity contribution >= 4 is 11.7 Å². The number of nitrogens with zero attached hydrogens (tertiary/aromatic N) is 2. The first-order valence-electron chi connectivity index (χ1n) is 7.87. The lowest BCUT2D eigenvalue weighted by atomic mass is 10.2. The maximum Gasteiger partial charge on any atom is 0.263 e. The Morgan fingerprint density at radius 2 is 1.88 bits per heavy atom. The molecule has 0 unspecified atom stereocenters. The highest BCUT2D eigenvalue weighted by Gasteiger charge is 2.11. The number of aryl methyl sites for hydroxylation is 1. The van der Waals surface area contributed by atoms with Gasteiger partial charge in [-0.2, -0.15) is 5.10 Å².